The summed E-state index contributed by atoms with van der Waals surface area (Å²) in [4.78, 5) is 40.4. The van der Waals surface area contributed by atoms with Gasteiger partial charge in [-0.25, -0.2) is 4.79 Å². The number of hydrogen-bond donors (Lipinski definition) is 1. The molecule has 1 saturated heterocycles. The lowest BCUT2D eigenvalue weighted by Crippen LogP contribution is -2.33. The van der Waals surface area contributed by atoms with E-state index in [0.717, 1.165) is 49.3 Å². The number of nitrogens with zero attached hydrogens (tertiary/aromatic N) is 2. The van der Waals surface area contributed by atoms with Crippen LogP contribution in [0.5, 0.6) is 0 Å². The van der Waals surface area contributed by atoms with Gasteiger partial charge in [0.2, 0.25) is 5.91 Å². The summed E-state index contributed by atoms with van der Waals surface area (Å²) in [6.45, 7) is 3.15. The standard InChI is InChI=1S/C29H37N3O5/c1-31(15-8-13-28(34)36-2)27(33)14-16-32-19-22-17-24(18-23(22)20-32)37-29(35)30-26-12-7-6-11-25(26)21-9-4-3-5-10-21/h3-7,9-12,22-24H,8,13-20H2,1-2H3,(H,30,35)/t22-,23+,24+. The van der Waals surface area contributed by atoms with E-state index in [-0.39, 0.29) is 18.0 Å². The molecule has 0 bridgehead atoms. The normalized spacial score (nSPS) is 20.8. The van der Waals surface area contributed by atoms with E-state index in [2.05, 4.69) is 15.0 Å². The van der Waals surface area contributed by atoms with Gasteiger partial charge in [-0.15, -0.1) is 0 Å². The van der Waals surface area contributed by atoms with Crippen LogP contribution in [-0.2, 0) is 19.1 Å². The first-order valence-corrected chi connectivity index (χ1v) is 13.1. The number of benzene rings is 2. The molecule has 37 heavy (non-hydrogen) atoms. The molecule has 1 aliphatic heterocycles. The SMILES string of the molecule is COC(=O)CCCN(C)C(=O)CCN1C[C@H]2C[C@H](OC(=O)Nc3ccccc3-c3ccccc3)C[C@H]2C1. The monoisotopic (exact) mass is 507 g/mol. The molecule has 1 saturated carbocycles. The number of nitrogens with one attached hydrogen (secondary N) is 1. The summed E-state index contributed by atoms with van der Waals surface area (Å²) in [5, 5.41) is 2.94. The first-order valence-electron chi connectivity index (χ1n) is 13.1. The third kappa shape index (κ3) is 7.32. The van der Waals surface area contributed by atoms with Gasteiger partial charge in [-0.2, -0.15) is 0 Å². The van der Waals surface area contributed by atoms with Crippen LogP contribution in [0.25, 0.3) is 11.1 Å². The summed E-state index contributed by atoms with van der Waals surface area (Å²) in [7, 11) is 3.15. The summed E-state index contributed by atoms with van der Waals surface area (Å²) in [6.07, 6.45) is 2.62. The average molecular weight is 508 g/mol. The maximum absolute atomic E-state index is 12.7. The zero-order valence-corrected chi connectivity index (χ0v) is 21.7. The van der Waals surface area contributed by atoms with E-state index in [1.165, 1.54) is 7.11 Å². The summed E-state index contributed by atoms with van der Waals surface area (Å²) in [5.74, 6) is 0.821. The number of hydrogen-bond acceptors (Lipinski definition) is 6. The molecule has 1 heterocycles. The van der Waals surface area contributed by atoms with E-state index in [1.807, 2.05) is 54.6 Å². The quantitative estimate of drug-likeness (QED) is 0.479. The van der Waals surface area contributed by atoms with Crippen molar-refractivity contribution in [1.82, 2.24) is 9.80 Å². The fourth-order valence-corrected chi connectivity index (χ4v) is 5.50. The molecule has 2 amide bonds. The molecule has 2 aromatic carbocycles. The Kier molecular flexibility index (Phi) is 9.17. The van der Waals surface area contributed by atoms with Crippen LogP contribution in [0.1, 0.15) is 32.1 Å². The molecular weight excluding hydrogens is 470 g/mol. The topological polar surface area (TPSA) is 88.2 Å². The van der Waals surface area contributed by atoms with Crippen molar-refractivity contribution in [2.24, 2.45) is 11.8 Å². The minimum Gasteiger partial charge on any atom is -0.469 e. The summed E-state index contributed by atoms with van der Waals surface area (Å²) >= 11 is 0. The number of likely N-dealkylation sites (tertiary alicyclic amines) is 1. The van der Waals surface area contributed by atoms with E-state index >= 15 is 0 Å². The van der Waals surface area contributed by atoms with Crippen LogP contribution in [0.2, 0.25) is 0 Å². The molecule has 1 aliphatic carbocycles. The van der Waals surface area contributed by atoms with Gasteiger partial charge >= 0.3 is 12.1 Å². The zero-order chi connectivity index (χ0) is 26.2. The number of carbonyl (C=O) groups excluding carboxylic acids is 3. The molecular formula is C29H37N3O5. The van der Waals surface area contributed by atoms with Crippen LogP contribution in [0.3, 0.4) is 0 Å². The predicted octanol–water partition coefficient (Wildman–Crippen LogP) is 4.41. The fourth-order valence-electron chi connectivity index (χ4n) is 5.50. The van der Waals surface area contributed by atoms with Crippen molar-refractivity contribution in [3.8, 4) is 11.1 Å². The Morgan fingerprint density at radius 3 is 2.35 bits per heavy atom. The minimum absolute atomic E-state index is 0.0800. The van der Waals surface area contributed by atoms with Gasteiger partial charge in [0.05, 0.1) is 12.8 Å². The highest BCUT2D eigenvalue weighted by molar-refractivity contribution is 5.91. The third-order valence-electron chi connectivity index (χ3n) is 7.48. The van der Waals surface area contributed by atoms with Crippen LogP contribution < -0.4 is 5.32 Å². The van der Waals surface area contributed by atoms with E-state index in [0.29, 0.717) is 37.6 Å². The van der Waals surface area contributed by atoms with Crippen molar-refractivity contribution < 1.29 is 23.9 Å². The number of ether oxygens (including phenoxy) is 2. The molecule has 1 N–H and O–H groups in total. The Morgan fingerprint density at radius 2 is 1.65 bits per heavy atom. The number of fused-ring (bicyclic) bond motifs is 1. The first kappa shape index (κ1) is 26.7. The Bertz CT molecular complexity index is 1060. The Labute approximate surface area is 218 Å². The van der Waals surface area contributed by atoms with Crippen molar-refractivity contribution in [3.05, 3.63) is 54.6 Å². The Balaban J connectivity index is 1.18. The van der Waals surface area contributed by atoms with Crippen molar-refractivity contribution in [2.45, 2.75) is 38.2 Å². The van der Waals surface area contributed by atoms with Gasteiger partial charge < -0.3 is 19.3 Å². The molecule has 2 aromatic rings. The molecule has 8 nitrogen and oxygen atoms in total. The smallest absolute Gasteiger partial charge is 0.411 e. The Hall–Kier alpha value is -3.39. The lowest BCUT2D eigenvalue weighted by molar-refractivity contribution is -0.141. The van der Waals surface area contributed by atoms with Gasteiger partial charge in [-0.1, -0.05) is 48.5 Å². The van der Waals surface area contributed by atoms with E-state index in [9.17, 15) is 14.4 Å². The number of carbonyl (C=O) groups is 3. The van der Waals surface area contributed by atoms with Crippen LogP contribution in [-0.4, -0.2) is 74.2 Å². The number of amides is 2. The highest BCUT2D eigenvalue weighted by Crippen LogP contribution is 2.39. The summed E-state index contributed by atoms with van der Waals surface area (Å²) < 4.78 is 10.4. The van der Waals surface area contributed by atoms with Gasteiger partial charge in [0.15, 0.2) is 0 Å². The van der Waals surface area contributed by atoms with Crippen LogP contribution in [0.15, 0.2) is 54.6 Å². The number of esters is 1. The van der Waals surface area contributed by atoms with Crippen molar-refractivity contribution >= 4 is 23.7 Å². The minimum atomic E-state index is -0.411. The Morgan fingerprint density at radius 1 is 0.973 bits per heavy atom. The first-order chi connectivity index (χ1) is 17.9. The van der Waals surface area contributed by atoms with Gasteiger partial charge in [-0.3, -0.25) is 14.9 Å². The molecule has 3 atom stereocenters. The van der Waals surface area contributed by atoms with Crippen molar-refractivity contribution in [1.29, 1.82) is 0 Å². The van der Waals surface area contributed by atoms with Crippen LogP contribution in [0.4, 0.5) is 10.5 Å². The lowest BCUT2D eigenvalue weighted by Gasteiger charge is -2.21. The molecule has 8 heteroatoms. The molecule has 0 unspecified atom stereocenters. The third-order valence-corrected chi connectivity index (χ3v) is 7.48. The van der Waals surface area contributed by atoms with Gasteiger partial charge in [0.1, 0.15) is 6.10 Å². The number of rotatable bonds is 10. The average Bonchev–Trinajstić information content (AvgIpc) is 3.45. The summed E-state index contributed by atoms with van der Waals surface area (Å²) in [6, 6.07) is 17.7. The second kappa shape index (κ2) is 12.7. The van der Waals surface area contributed by atoms with Gasteiger partial charge in [0, 0.05) is 51.6 Å². The molecule has 2 fully saturated rings. The van der Waals surface area contributed by atoms with E-state index in [1.54, 1.807) is 11.9 Å². The molecule has 0 spiro atoms. The maximum Gasteiger partial charge on any atom is 0.411 e. The number of methoxy groups -OCH3 is 1. The van der Waals surface area contributed by atoms with Crippen LogP contribution >= 0.6 is 0 Å². The molecule has 2 aliphatic rings. The highest BCUT2D eigenvalue weighted by atomic mass is 16.6. The second-order valence-electron chi connectivity index (χ2n) is 10.1. The predicted molar refractivity (Wildman–Crippen MR) is 142 cm³/mol. The van der Waals surface area contributed by atoms with Crippen LogP contribution in [0, 0.1) is 11.8 Å². The van der Waals surface area contributed by atoms with Crippen molar-refractivity contribution in [2.75, 3.05) is 45.7 Å². The number of para-hydroxylation sites is 1. The fraction of sp³-hybridized carbons (Fsp3) is 0.483. The zero-order valence-electron chi connectivity index (χ0n) is 21.7. The maximum atomic E-state index is 12.7. The lowest BCUT2D eigenvalue weighted by atomic mass is 10.0. The van der Waals surface area contributed by atoms with Gasteiger partial charge in [-0.05, 0) is 42.7 Å². The molecule has 4 rings (SSSR count). The molecule has 198 valence electrons. The number of anilines is 1. The summed E-state index contributed by atoms with van der Waals surface area (Å²) in [5.41, 5.74) is 2.74. The molecule has 0 radical (unpaired) electrons. The largest absolute Gasteiger partial charge is 0.469 e. The van der Waals surface area contributed by atoms with E-state index in [4.69, 9.17) is 4.74 Å². The van der Waals surface area contributed by atoms with E-state index < -0.39 is 6.09 Å². The second-order valence-corrected chi connectivity index (χ2v) is 10.1. The molecule has 0 aromatic heterocycles. The van der Waals surface area contributed by atoms with Gasteiger partial charge in [0.25, 0.3) is 0 Å². The van der Waals surface area contributed by atoms with Crippen molar-refractivity contribution in [3.63, 3.8) is 0 Å². The highest BCUT2D eigenvalue weighted by Gasteiger charge is 2.42.